The molecule has 0 aliphatic carbocycles. The van der Waals surface area contributed by atoms with Gasteiger partial charge in [-0.05, 0) is 41.7 Å². The van der Waals surface area contributed by atoms with E-state index < -0.39 is 0 Å². The van der Waals surface area contributed by atoms with Gasteiger partial charge >= 0.3 is 0 Å². The SMILES string of the molecule is CC(NC(=O)C1CCCN(C(=O)Cc2ccccc2)C1)c1cccc2ccccc12. The number of hydrogen-bond donors (Lipinski definition) is 1. The van der Waals surface area contributed by atoms with Crippen LogP contribution in [0.2, 0.25) is 0 Å². The highest BCUT2D eigenvalue weighted by Gasteiger charge is 2.29. The summed E-state index contributed by atoms with van der Waals surface area (Å²) in [4.78, 5) is 27.6. The third-order valence-electron chi connectivity index (χ3n) is 5.99. The van der Waals surface area contributed by atoms with Crippen LogP contribution in [0.4, 0.5) is 0 Å². The summed E-state index contributed by atoms with van der Waals surface area (Å²) in [5.74, 6) is -0.0238. The van der Waals surface area contributed by atoms with E-state index in [9.17, 15) is 9.59 Å². The minimum Gasteiger partial charge on any atom is -0.349 e. The van der Waals surface area contributed by atoms with Crippen molar-refractivity contribution in [1.82, 2.24) is 10.2 Å². The molecule has 0 bridgehead atoms. The van der Waals surface area contributed by atoms with E-state index in [2.05, 4.69) is 29.6 Å². The zero-order chi connectivity index (χ0) is 20.9. The molecule has 4 heteroatoms. The highest BCUT2D eigenvalue weighted by atomic mass is 16.2. The predicted octanol–water partition coefficient (Wildman–Crippen LogP) is 4.50. The molecule has 1 saturated heterocycles. The minimum atomic E-state index is -0.157. The average Bonchev–Trinajstić information content (AvgIpc) is 2.79. The van der Waals surface area contributed by atoms with Gasteiger partial charge in [0, 0.05) is 13.1 Å². The highest BCUT2D eigenvalue weighted by Crippen LogP contribution is 2.25. The standard InChI is InChI=1S/C26H28N2O2/c1-19(23-15-7-12-21-11-5-6-14-24(21)23)27-26(30)22-13-8-16-28(18-22)25(29)17-20-9-3-2-4-10-20/h2-7,9-12,14-15,19,22H,8,13,16-18H2,1H3,(H,27,30). The molecule has 30 heavy (non-hydrogen) atoms. The largest absolute Gasteiger partial charge is 0.349 e. The molecule has 2 unspecified atom stereocenters. The van der Waals surface area contributed by atoms with E-state index in [0.717, 1.165) is 35.9 Å². The van der Waals surface area contributed by atoms with Gasteiger partial charge in [0.1, 0.15) is 0 Å². The Labute approximate surface area is 177 Å². The maximum atomic E-state index is 13.0. The summed E-state index contributed by atoms with van der Waals surface area (Å²) in [7, 11) is 0. The maximum Gasteiger partial charge on any atom is 0.227 e. The van der Waals surface area contributed by atoms with E-state index in [1.165, 1.54) is 5.39 Å². The number of amides is 2. The van der Waals surface area contributed by atoms with E-state index in [1.54, 1.807) is 0 Å². The Bertz CT molecular complexity index is 1030. The van der Waals surface area contributed by atoms with Crippen molar-refractivity contribution < 1.29 is 9.59 Å². The third kappa shape index (κ3) is 4.54. The van der Waals surface area contributed by atoms with Crippen LogP contribution in [0, 0.1) is 5.92 Å². The second-order valence-electron chi connectivity index (χ2n) is 8.14. The Balaban J connectivity index is 1.40. The molecule has 2 amide bonds. The predicted molar refractivity (Wildman–Crippen MR) is 120 cm³/mol. The quantitative estimate of drug-likeness (QED) is 0.686. The fraction of sp³-hybridized carbons (Fsp3) is 0.308. The number of benzene rings is 3. The summed E-state index contributed by atoms with van der Waals surface area (Å²) < 4.78 is 0. The van der Waals surface area contributed by atoms with Gasteiger partial charge in [0.2, 0.25) is 11.8 Å². The Hall–Kier alpha value is -3.14. The Morgan fingerprint density at radius 1 is 1.00 bits per heavy atom. The summed E-state index contributed by atoms with van der Waals surface area (Å²) in [6, 6.07) is 24.1. The number of carbonyl (C=O) groups is 2. The number of piperidine rings is 1. The summed E-state index contributed by atoms with van der Waals surface area (Å²) in [6.07, 6.45) is 2.08. The lowest BCUT2D eigenvalue weighted by molar-refractivity contribution is -0.135. The zero-order valence-electron chi connectivity index (χ0n) is 17.4. The fourth-order valence-electron chi connectivity index (χ4n) is 4.34. The van der Waals surface area contributed by atoms with Crippen LogP contribution in [0.15, 0.2) is 72.8 Å². The van der Waals surface area contributed by atoms with Gasteiger partial charge in [-0.15, -0.1) is 0 Å². The van der Waals surface area contributed by atoms with Crippen LogP contribution in [0.1, 0.15) is 36.9 Å². The lowest BCUT2D eigenvalue weighted by Crippen LogP contribution is -2.46. The molecule has 1 N–H and O–H groups in total. The van der Waals surface area contributed by atoms with Crippen LogP contribution in [-0.4, -0.2) is 29.8 Å². The third-order valence-corrected chi connectivity index (χ3v) is 5.99. The Kier molecular flexibility index (Phi) is 6.12. The van der Waals surface area contributed by atoms with Crippen molar-refractivity contribution in [3.8, 4) is 0 Å². The summed E-state index contributed by atoms with van der Waals surface area (Å²) in [5.41, 5.74) is 2.13. The normalized spacial score (nSPS) is 17.5. The molecule has 0 saturated carbocycles. The lowest BCUT2D eigenvalue weighted by Gasteiger charge is -2.33. The second-order valence-corrected chi connectivity index (χ2v) is 8.14. The van der Waals surface area contributed by atoms with Crippen molar-refractivity contribution in [3.05, 3.63) is 83.9 Å². The molecule has 1 fully saturated rings. The lowest BCUT2D eigenvalue weighted by atomic mass is 9.95. The van der Waals surface area contributed by atoms with Crippen molar-refractivity contribution in [2.24, 2.45) is 5.92 Å². The number of nitrogens with one attached hydrogen (secondary N) is 1. The molecule has 4 nitrogen and oxygen atoms in total. The summed E-state index contributed by atoms with van der Waals surface area (Å²) in [6.45, 7) is 3.26. The fourth-order valence-corrected chi connectivity index (χ4v) is 4.34. The number of nitrogens with zero attached hydrogens (tertiary/aromatic N) is 1. The van der Waals surface area contributed by atoms with E-state index in [4.69, 9.17) is 0 Å². The number of rotatable bonds is 5. The number of carbonyl (C=O) groups excluding carboxylic acids is 2. The van der Waals surface area contributed by atoms with Gasteiger partial charge in [-0.1, -0.05) is 72.8 Å². The first-order valence-corrected chi connectivity index (χ1v) is 10.7. The molecule has 4 rings (SSSR count). The molecule has 1 heterocycles. The van der Waals surface area contributed by atoms with Crippen molar-refractivity contribution in [2.75, 3.05) is 13.1 Å². The van der Waals surface area contributed by atoms with E-state index in [0.29, 0.717) is 13.0 Å². The molecule has 1 aliphatic heterocycles. The van der Waals surface area contributed by atoms with Crippen molar-refractivity contribution in [1.29, 1.82) is 0 Å². The smallest absolute Gasteiger partial charge is 0.227 e. The van der Waals surface area contributed by atoms with Crippen LogP contribution in [-0.2, 0) is 16.0 Å². The summed E-state index contributed by atoms with van der Waals surface area (Å²) >= 11 is 0. The molecule has 3 aromatic rings. The molecule has 0 radical (unpaired) electrons. The van der Waals surface area contributed by atoms with Gasteiger partial charge in [-0.2, -0.15) is 0 Å². The van der Waals surface area contributed by atoms with Gasteiger partial charge in [0.05, 0.1) is 18.4 Å². The highest BCUT2D eigenvalue weighted by molar-refractivity contribution is 5.87. The molecular formula is C26H28N2O2. The Morgan fingerprint density at radius 2 is 1.73 bits per heavy atom. The van der Waals surface area contributed by atoms with Crippen LogP contribution in [0.25, 0.3) is 10.8 Å². The molecule has 3 aromatic carbocycles. The monoisotopic (exact) mass is 400 g/mol. The number of fused-ring (bicyclic) bond motifs is 1. The van der Waals surface area contributed by atoms with Crippen LogP contribution in [0.5, 0.6) is 0 Å². The van der Waals surface area contributed by atoms with Crippen LogP contribution in [0.3, 0.4) is 0 Å². The van der Waals surface area contributed by atoms with E-state index in [-0.39, 0.29) is 23.8 Å². The molecule has 0 aromatic heterocycles. The van der Waals surface area contributed by atoms with Crippen LogP contribution < -0.4 is 5.32 Å². The molecule has 2 atom stereocenters. The average molecular weight is 401 g/mol. The molecular weight excluding hydrogens is 372 g/mol. The molecule has 1 aliphatic rings. The van der Waals surface area contributed by atoms with Crippen molar-refractivity contribution in [3.63, 3.8) is 0 Å². The van der Waals surface area contributed by atoms with E-state index in [1.807, 2.05) is 60.4 Å². The van der Waals surface area contributed by atoms with Crippen molar-refractivity contribution in [2.45, 2.75) is 32.2 Å². The number of hydrogen-bond acceptors (Lipinski definition) is 2. The van der Waals surface area contributed by atoms with E-state index >= 15 is 0 Å². The zero-order valence-corrected chi connectivity index (χ0v) is 17.4. The topological polar surface area (TPSA) is 49.4 Å². The van der Waals surface area contributed by atoms with Gasteiger partial charge in [-0.25, -0.2) is 0 Å². The van der Waals surface area contributed by atoms with Gasteiger partial charge in [0.25, 0.3) is 0 Å². The van der Waals surface area contributed by atoms with Crippen LogP contribution >= 0.6 is 0 Å². The molecule has 0 spiro atoms. The Morgan fingerprint density at radius 3 is 2.57 bits per heavy atom. The van der Waals surface area contributed by atoms with Gasteiger partial charge in [0.15, 0.2) is 0 Å². The van der Waals surface area contributed by atoms with Gasteiger partial charge in [-0.3, -0.25) is 9.59 Å². The second kappa shape index (κ2) is 9.12. The maximum absolute atomic E-state index is 13.0. The van der Waals surface area contributed by atoms with Crippen molar-refractivity contribution >= 4 is 22.6 Å². The number of likely N-dealkylation sites (tertiary alicyclic amines) is 1. The first-order chi connectivity index (χ1) is 14.6. The first-order valence-electron chi connectivity index (χ1n) is 10.7. The first kappa shape index (κ1) is 20.1. The summed E-state index contributed by atoms with van der Waals surface area (Å²) in [5, 5.41) is 5.53. The van der Waals surface area contributed by atoms with Gasteiger partial charge < -0.3 is 10.2 Å². The minimum absolute atomic E-state index is 0.0349. The molecule has 154 valence electrons.